The van der Waals surface area contributed by atoms with Crippen molar-refractivity contribution in [2.24, 2.45) is 5.41 Å². The lowest BCUT2D eigenvalue weighted by Crippen LogP contribution is -2.44. The monoisotopic (exact) mass is 236 g/mol. The van der Waals surface area contributed by atoms with Gasteiger partial charge in [-0.1, -0.05) is 12.2 Å². The second kappa shape index (κ2) is 5.53. The van der Waals surface area contributed by atoms with Crippen LogP contribution in [0.1, 0.15) is 45.4 Å². The summed E-state index contributed by atoms with van der Waals surface area (Å²) in [5, 5.41) is 3.44. The Labute approximate surface area is 106 Å². The van der Waals surface area contributed by atoms with Gasteiger partial charge in [-0.15, -0.1) is 0 Å². The molecule has 98 valence electrons. The average molecular weight is 236 g/mol. The van der Waals surface area contributed by atoms with Crippen LogP contribution in [0.3, 0.4) is 0 Å². The topological polar surface area (TPSA) is 15.3 Å². The maximum Gasteiger partial charge on any atom is 0.0187 e. The zero-order valence-corrected chi connectivity index (χ0v) is 11.6. The number of likely N-dealkylation sites (tertiary alicyclic amines) is 1. The molecule has 0 bridgehead atoms. The Bertz CT molecular complexity index is 254. The molecule has 0 radical (unpaired) electrons. The van der Waals surface area contributed by atoms with Crippen molar-refractivity contribution in [2.75, 3.05) is 26.7 Å². The number of rotatable bonds is 3. The second-order valence-corrected chi connectivity index (χ2v) is 6.30. The Kier molecular flexibility index (Phi) is 4.26. The average Bonchev–Trinajstić information content (AvgIpc) is 2.33. The van der Waals surface area contributed by atoms with Gasteiger partial charge in [0, 0.05) is 12.6 Å². The zero-order valence-electron chi connectivity index (χ0n) is 11.6. The molecule has 1 saturated carbocycles. The van der Waals surface area contributed by atoms with Crippen molar-refractivity contribution in [3.05, 3.63) is 12.2 Å². The van der Waals surface area contributed by atoms with Crippen LogP contribution in [-0.2, 0) is 0 Å². The molecule has 2 aliphatic rings. The lowest BCUT2D eigenvalue weighted by atomic mass is 9.67. The number of nitrogens with one attached hydrogen (secondary N) is 1. The summed E-state index contributed by atoms with van der Waals surface area (Å²) in [7, 11) is 2.11. The van der Waals surface area contributed by atoms with Gasteiger partial charge in [0.15, 0.2) is 0 Å². The molecule has 0 aromatic heterocycles. The van der Waals surface area contributed by atoms with Crippen LogP contribution in [0.2, 0.25) is 0 Å². The Balaban J connectivity index is 1.80. The molecular formula is C15H28N2. The van der Waals surface area contributed by atoms with Gasteiger partial charge in [-0.05, 0) is 71.0 Å². The van der Waals surface area contributed by atoms with E-state index in [1.807, 2.05) is 0 Å². The van der Waals surface area contributed by atoms with E-state index in [4.69, 9.17) is 0 Å². The van der Waals surface area contributed by atoms with Gasteiger partial charge >= 0.3 is 0 Å². The van der Waals surface area contributed by atoms with Crippen molar-refractivity contribution in [3.63, 3.8) is 0 Å². The molecule has 2 heteroatoms. The molecule has 17 heavy (non-hydrogen) atoms. The second-order valence-electron chi connectivity index (χ2n) is 6.30. The Morgan fingerprint density at radius 2 is 1.82 bits per heavy atom. The lowest BCUT2D eigenvalue weighted by molar-refractivity contribution is 0.0637. The molecule has 0 atom stereocenters. The largest absolute Gasteiger partial charge is 0.317 e. The van der Waals surface area contributed by atoms with Crippen LogP contribution in [0, 0.1) is 5.41 Å². The minimum absolute atomic E-state index is 0.693. The van der Waals surface area contributed by atoms with E-state index in [1.165, 1.54) is 57.2 Å². The lowest BCUT2D eigenvalue weighted by Gasteiger charge is -2.46. The Morgan fingerprint density at radius 1 is 1.24 bits per heavy atom. The molecule has 0 aromatic rings. The smallest absolute Gasteiger partial charge is 0.0187 e. The van der Waals surface area contributed by atoms with Crippen LogP contribution in [0.25, 0.3) is 0 Å². The normalized spacial score (nSPS) is 26.2. The molecule has 0 aromatic carbocycles. The van der Waals surface area contributed by atoms with Crippen molar-refractivity contribution < 1.29 is 0 Å². The Hall–Kier alpha value is -0.340. The summed E-state index contributed by atoms with van der Waals surface area (Å²) >= 11 is 0. The first-order valence-electron chi connectivity index (χ1n) is 7.18. The number of hydrogen-bond acceptors (Lipinski definition) is 2. The van der Waals surface area contributed by atoms with Gasteiger partial charge in [0.25, 0.3) is 0 Å². The summed E-state index contributed by atoms with van der Waals surface area (Å²) in [5.74, 6) is 0. The van der Waals surface area contributed by atoms with E-state index in [0.717, 1.165) is 12.6 Å². The predicted molar refractivity (Wildman–Crippen MR) is 74.2 cm³/mol. The standard InChI is InChI=1S/C15H28N2/c1-13(2)12-17-10-8-15(9-11-17)6-4-14(16-3)5-7-15/h14,16H,1,4-12H2,2-3H3. The molecule has 1 aliphatic heterocycles. The van der Waals surface area contributed by atoms with E-state index >= 15 is 0 Å². The summed E-state index contributed by atoms with van der Waals surface area (Å²) in [6, 6.07) is 0.786. The van der Waals surface area contributed by atoms with E-state index in [0.29, 0.717) is 5.41 Å². The first-order chi connectivity index (χ1) is 8.13. The van der Waals surface area contributed by atoms with Crippen LogP contribution in [0.15, 0.2) is 12.2 Å². The molecule has 0 amide bonds. The predicted octanol–water partition coefficient (Wildman–Crippen LogP) is 2.81. The van der Waals surface area contributed by atoms with E-state index < -0.39 is 0 Å². The molecule has 2 rings (SSSR count). The van der Waals surface area contributed by atoms with Crippen molar-refractivity contribution in [2.45, 2.75) is 51.5 Å². The SMILES string of the molecule is C=C(C)CN1CCC2(CCC(NC)CC2)CC1. The molecule has 1 spiro atoms. The van der Waals surface area contributed by atoms with Gasteiger partial charge in [-0.25, -0.2) is 0 Å². The van der Waals surface area contributed by atoms with Crippen molar-refractivity contribution in [1.82, 2.24) is 10.2 Å². The molecule has 1 N–H and O–H groups in total. The summed E-state index contributed by atoms with van der Waals surface area (Å²) in [6.45, 7) is 9.85. The summed E-state index contributed by atoms with van der Waals surface area (Å²) in [4.78, 5) is 2.58. The summed E-state index contributed by atoms with van der Waals surface area (Å²) < 4.78 is 0. The van der Waals surface area contributed by atoms with Crippen molar-refractivity contribution in [3.8, 4) is 0 Å². The maximum absolute atomic E-state index is 4.02. The highest BCUT2D eigenvalue weighted by atomic mass is 15.1. The quantitative estimate of drug-likeness (QED) is 0.758. The van der Waals surface area contributed by atoms with Crippen LogP contribution < -0.4 is 5.32 Å². The summed E-state index contributed by atoms with van der Waals surface area (Å²) in [5.41, 5.74) is 2.00. The van der Waals surface area contributed by atoms with E-state index in [2.05, 4.69) is 30.8 Å². The maximum atomic E-state index is 4.02. The van der Waals surface area contributed by atoms with Crippen molar-refractivity contribution in [1.29, 1.82) is 0 Å². The van der Waals surface area contributed by atoms with Gasteiger partial charge in [0.1, 0.15) is 0 Å². The molecule has 1 saturated heterocycles. The van der Waals surface area contributed by atoms with Gasteiger partial charge in [0.2, 0.25) is 0 Å². The number of hydrogen-bond donors (Lipinski definition) is 1. The molecule has 0 unspecified atom stereocenters. The van der Waals surface area contributed by atoms with Crippen LogP contribution in [0.4, 0.5) is 0 Å². The van der Waals surface area contributed by atoms with Crippen LogP contribution in [-0.4, -0.2) is 37.6 Å². The molecule has 1 aliphatic carbocycles. The van der Waals surface area contributed by atoms with Crippen LogP contribution in [0.5, 0.6) is 0 Å². The molecule has 2 nitrogen and oxygen atoms in total. The van der Waals surface area contributed by atoms with Gasteiger partial charge in [0.05, 0.1) is 0 Å². The fraction of sp³-hybridized carbons (Fsp3) is 0.867. The molecule has 2 fully saturated rings. The first kappa shape index (κ1) is 13.1. The third-order valence-corrected chi connectivity index (χ3v) is 4.86. The van der Waals surface area contributed by atoms with E-state index in [1.54, 1.807) is 0 Å². The number of nitrogens with zero attached hydrogens (tertiary/aromatic N) is 1. The van der Waals surface area contributed by atoms with Gasteiger partial charge in [-0.2, -0.15) is 0 Å². The van der Waals surface area contributed by atoms with E-state index in [-0.39, 0.29) is 0 Å². The third-order valence-electron chi connectivity index (χ3n) is 4.86. The summed E-state index contributed by atoms with van der Waals surface area (Å²) in [6.07, 6.45) is 8.49. The minimum Gasteiger partial charge on any atom is -0.317 e. The van der Waals surface area contributed by atoms with E-state index in [9.17, 15) is 0 Å². The van der Waals surface area contributed by atoms with Crippen molar-refractivity contribution >= 4 is 0 Å². The first-order valence-corrected chi connectivity index (χ1v) is 7.18. The highest BCUT2D eigenvalue weighted by Crippen LogP contribution is 2.44. The third kappa shape index (κ3) is 3.32. The fourth-order valence-corrected chi connectivity index (χ4v) is 3.59. The van der Waals surface area contributed by atoms with Crippen LogP contribution >= 0.6 is 0 Å². The Morgan fingerprint density at radius 3 is 2.29 bits per heavy atom. The highest BCUT2D eigenvalue weighted by molar-refractivity contribution is 4.96. The molecule has 1 heterocycles. The van der Waals surface area contributed by atoms with Gasteiger partial charge in [-0.3, -0.25) is 4.90 Å². The zero-order chi connectivity index (χ0) is 12.3. The number of piperidine rings is 1. The molecular weight excluding hydrogens is 208 g/mol. The fourth-order valence-electron chi connectivity index (χ4n) is 3.59. The van der Waals surface area contributed by atoms with Gasteiger partial charge < -0.3 is 5.32 Å². The minimum atomic E-state index is 0.693. The highest BCUT2D eigenvalue weighted by Gasteiger charge is 2.37.